The summed E-state index contributed by atoms with van der Waals surface area (Å²) in [6.45, 7) is 12.0. The SMILES string of the molecule is CC(C)(C)[C@@H](O)CN1CCN(Cc2ccc(C#N)cc2)CC1. The van der Waals surface area contributed by atoms with Crippen LogP contribution in [0.15, 0.2) is 24.3 Å². The molecule has 22 heavy (non-hydrogen) atoms. The molecule has 0 unspecified atom stereocenters. The molecular formula is C18H27N3O. The highest BCUT2D eigenvalue weighted by atomic mass is 16.3. The summed E-state index contributed by atoms with van der Waals surface area (Å²) in [5.41, 5.74) is 1.91. The molecule has 1 atom stereocenters. The molecule has 1 saturated heterocycles. The minimum Gasteiger partial charge on any atom is -0.391 e. The first-order valence-corrected chi connectivity index (χ1v) is 8.00. The number of β-amino-alcohol motifs (C(OH)–C–C–N with tert-alkyl or cyclic N) is 1. The van der Waals surface area contributed by atoms with E-state index in [0.717, 1.165) is 39.3 Å². The number of rotatable bonds is 4. The molecule has 0 bridgehead atoms. The Bertz CT molecular complexity index is 505. The lowest BCUT2D eigenvalue weighted by atomic mass is 9.89. The topological polar surface area (TPSA) is 50.5 Å². The van der Waals surface area contributed by atoms with Gasteiger partial charge in [-0.15, -0.1) is 0 Å². The van der Waals surface area contributed by atoms with E-state index in [0.29, 0.717) is 5.56 Å². The summed E-state index contributed by atoms with van der Waals surface area (Å²) in [7, 11) is 0. The summed E-state index contributed by atoms with van der Waals surface area (Å²) in [6.07, 6.45) is -0.280. The maximum Gasteiger partial charge on any atom is 0.0991 e. The van der Waals surface area contributed by atoms with Crippen molar-refractivity contribution in [2.24, 2.45) is 5.41 Å². The van der Waals surface area contributed by atoms with Gasteiger partial charge in [0, 0.05) is 39.3 Å². The summed E-state index contributed by atoms with van der Waals surface area (Å²) in [4.78, 5) is 4.78. The van der Waals surface area contributed by atoms with Gasteiger partial charge < -0.3 is 5.11 Å². The zero-order valence-corrected chi connectivity index (χ0v) is 13.9. The lowest BCUT2D eigenvalue weighted by Crippen LogP contribution is -2.49. The van der Waals surface area contributed by atoms with E-state index in [9.17, 15) is 5.11 Å². The number of aliphatic hydroxyl groups is 1. The van der Waals surface area contributed by atoms with Crippen LogP contribution in [0.4, 0.5) is 0 Å². The molecule has 0 spiro atoms. The fraction of sp³-hybridized carbons (Fsp3) is 0.611. The number of hydrogen-bond acceptors (Lipinski definition) is 4. The highest BCUT2D eigenvalue weighted by Gasteiger charge is 2.26. The highest BCUT2D eigenvalue weighted by Crippen LogP contribution is 2.20. The van der Waals surface area contributed by atoms with Gasteiger partial charge in [0.05, 0.1) is 17.7 Å². The molecule has 1 heterocycles. The van der Waals surface area contributed by atoms with Gasteiger partial charge in [-0.05, 0) is 23.1 Å². The van der Waals surface area contributed by atoms with Crippen LogP contribution in [-0.4, -0.2) is 53.7 Å². The van der Waals surface area contributed by atoms with Gasteiger partial charge in [-0.3, -0.25) is 9.80 Å². The van der Waals surface area contributed by atoms with Crippen LogP contribution in [-0.2, 0) is 6.54 Å². The predicted molar refractivity (Wildman–Crippen MR) is 88.3 cm³/mol. The quantitative estimate of drug-likeness (QED) is 0.925. The Morgan fingerprint density at radius 3 is 2.14 bits per heavy atom. The third kappa shape index (κ3) is 4.81. The summed E-state index contributed by atoms with van der Waals surface area (Å²) in [5, 5.41) is 19.0. The average molecular weight is 301 g/mol. The van der Waals surface area contributed by atoms with E-state index in [1.165, 1.54) is 5.56 Å². The second-order valence-corrected chi connectivity index (χ2v) is 7.27. The summed E-state index contributed by atoms with van der Waals surface area (Å²) < 4.78 is 0. The standard InChI is InChI=1S/C18H27N3O/c1-18(2,3)17(22)14-21-10-8-20(9-11-21)13-16-6-4-15(12-19)5-7-16/h4-7,17,22H,8-11,13-14H2,1-3H3/t17-/m0/s1. The van der Waals surface area contributed by atoms with Gasteiger partial charge in [0.15, 0.2) is 0 Å². The largest absolute Gasteiger partial charge is 0.391 e. The van der Waals surface area contributed by atoms with Gasteiger partial charge in [0.2, 0.25) is 0 Å². The molecule has 1 aliphatic rings. The number of hydrogen-bond donors (Lipinski definition) is 1. The van der Waals surface area contributed by atoms with E-state index in [1.807, 2.05) is 24.3 Å². The number of nitriles is 1. The van der Waals surface area contributed by atoms with E-state index < -0.39 is 0 Å². The van der Waals surface area contributed by atoms with Crippen LogP contribution >= 0.6 is 0 Å². The van der Waals surface area contributed by atoms with Gasteiger partial charge in [0.25, 0.3) is 0 Å². The molecule has 1 aromatic rings. The van der Waals surface area contributed by atoms with E-state index in [1.54, 1.807) is 0 Å². The molecule has 0 aromatic heterocycles. The third-order valence-electron chi connectivity index (χ3n) is 4.38. The van der Waals surface area contributed by atoms with Crippen LogP contribution in [0.5, 0.6) is 0 Å². The van der Waals surface area contributed by atoms with Gasteiger partial charge in [-0.1, -0.05) is 32.9 Å². The van der Waals surface area contributed by atoms with Gasteiger partial charge in [0.1, 0.15) is 0 Å². The van der Waals surface area contributed by atoms with Crippen LogP contribution < -0.4 is 0 Å². The smallest absolute Gasteiger partial charge is 0.0991 e. The first-order valence-electron chi connectivity index (χ1n) is 8.00. The van der Waals surface area contributed by atoms with Crippen LogP contribution in [0.2, 0.25) is 0 Å². The zero-order chi connectivity index (χ0) is 16.2. The number of aliphatic hydroxyl groups excluding tert-OH is 1. The molecule has 1 aliphatic heterocycles. The normalized spacial score (nSPS) is 18.9. The molecule has 0 amide bonds. The first kappa shape index (κ1) is 17.0. The third-order valence-corrected chi connectivity index (χ3v) is 4.38. The fourth-order valence-corrected chi connectivity index (χ4v) is 2.59. The molecule has 1 aromatic carbocycles. The maximum absolute atomic E-state index is 10.2. The van der Waals surface area contributed by atoms with Gasteiger partial charge in [-0.2, -0.15) is 5.26 Å². The fourth-order valence-electron chi connectivity index (χ4n) is 2.59. The minimum absolute atomic E-state index is 0.0559. The molecular weight excluding hydrogens is 274 g/mol. The van der Waals surface area contributed by atoms with Crippen LogP contribution in [0, 0.1) is 16.7 Å². The van der Waals surface area contributed by atoms with Crippen molar-refractivity contribution < 1.29 is 5.11 Å². The predicted octanol–water partition coefficient (Wildman–Crippen LogP) is 2.08. The van der Waals surface area contributed by atoms with Crippen molar-refractivity contribution in [3.8, 4) is 6.07 Å². The first-order chi connectivity index (χ1) is 10.4. The van der Waals surface area contributed by atoms with Crippen molar-refractivity contribution >= 4 is 0 Å². The van der Waals surface area contributed by atoms with Crippen LogP contribution in [0.3, 0.4) is 0 Å². The second kappa shape index (κ2) is 7.23. The lowest BCUT2D eigenvalue weighted by molar-refractivity contribution is 0.0126. The van der Waals surface area contributed by atoms with Gasteiger partial charge in [-0.25, -0.2) is 0 Å². The molecule has 2 rings (SSSR count). The number of benzene rings is 1. The lowest BCUT2D eigenvalue weighted by Gasteiger charge is -2.38. The number of nitrogens with zero attached hydrogens (tertiary/aromatic N) is 3. The Morgan fingerprint density at radius 2 is 1.64 bits per heavy atom. The molecule has 0 radical (unpaired) electrons. The van der Waals surface area contributed by atoms with E-state index >= 15 is 0 Å². The molecule has 4 heteroatoms. The number of piperazine rings is 1. The maximum atomic E-state index is 10.2. The molecule has 1 fully saturated rings. The Kier molecular flexibility index (Phi) is 5.57. The Hall–Kier alpha value is -1.41. The van der Waals surface area contributed by atoms with Crippen molar-refractivity contribution in [3.05, 3.63) is 35.4 Å². The summed E-state index contributed by atoms with van der Waals surface area (Å²) in [6, 6.07) is 9.98. The van der Waals surface area contributed by atoms with Crippen molar-refractivity contribution in [1.82, 2.24) is 9.80 Å². The van der Waals surface area contributed by atoms with Crippen molar-refractivity contribution in [1.29, 1.82) is 5.26 Å². The van der Waals surface area contributed by atoms with E-state index in [4.69, 9.17) is 5.26 Å². The van der Waals surface area contributed by atoms with E-state index in [2.05, 4.69) is 36.6 Å². The summed E-state index contributed by atoms with van der Waals surface area (Å²) in [5.74, 6) is 0. The Labute approximate surface area is 134 Å². The van der Waals surface area contributed by atoms with Crippen molar-refractivity contribution in [2.75, 3.05) is 32.7 Å². The molecule has 1 N–H and O–H groups in total. The monoisotopic (exact) mass is 301 g/mol. The zero-order valence-electron chi connectivity index (χ0n) is 13.9. The summed E-state index contributed by atoms with van der Waals surface area (Å²) >= 11 is 0. The second-order valence-electron chi connectivity index (χ2n) is 7.27. The van der Waals surface area contributed by atoms with Crippen molar-refractivity contribution in [2.45, 2.75) is 33.4 Å². The molecule has 0 aliphatic carbocycles. The van der Waals surface area contributed by atoms with Crippen molar-refractivity contribution in [3.63, 3.8) is 0 Å². The minimum atomic E-state index is -0.280. The van der Waals surface area contributed by atoms with E-state index in [-0.39, 0.29) is 11.5 Å². The highest BCUT2D eigenvalue weighted by molar-refractivity contribution is 5.31. The van der Waals surface area contributed by atoms with Crippen LogP contribution in [0.1, 0.15) is 31.9 Å². The Morgan fingerprint density at radius 1 is 1.09 bits per heavy atom. The Balaban J connectivity index is 1.78. The average Bonchev–Trinajstić information content (AvgIpc) is 2.49. The van der Waals surface area contributed by atoms with Crippen LogP contribution in [0.25, 0.3) is 0 Å². The molecule has 0 saturated carbocycles. The molecule has 120 valence electrons. The van der Waals surface area contributed by atoms with Gasteiger partial charge >= 0.3 is 0 Å². The molecule has 4 nitrogen and oxygen atoms in total.